The van der Waals surface area contributed by atoms with Gasteiger partial charge >= 0.3 is 0 Å². The van der Waals surface area contributed by atoms with Gasteiger partial charge in [0.2, 0.25) is 5.91 Å². The van der Waals surface area contributed by atoms with Gasteiger partial charge in [-0.25, -0.2) is 4.98 Å². The molecule has 0 bridgehead atoms. The summed E-state index contributed by atoms with van der Waals surface area (Å²) >= 11 is 0. The van der Waals surface area contributed by atoms with Crippen molar-refractivity contribution in [1.29, 1.82) is 0 Å². The van der Waals surface area contributed by atoms with E-state index in [9.17, 15) is 4.79 Å². The molecule has 1 aliphatic heterocycles. The van der Waals surface area contributed by atoms with Crippen LogP contribution >= 0.6 is 0 Å². The van der Waals surface area contributed by atoms with E-state index in [1.54, 1.807) is 6.20 Å². The quantitative estimate of drug-likeness (QED) is 0.395. The minimum absolute atomic E-state index is 0.146. The SMILES string of the molecule is Cc1ncc(-c2ccc(N3CCN(C(=O)Cc4cccc(Oc5ccccc5)c4)CC3)cc2)o1. The summed E-state index contributed by atoms with van der Waals surface area (Å²) in [4.78, 5) is 21.4. The molecule has 1 saturated heterocycles. The topological polar surface area (TPSA) is 58.8 Å². The number of hydrogen-bond donors (Lipinski definition) is 0. The zero-order valence-electron chi connectivity index (χ0n) is 19.2. The van der Waals surface area contributed by atoms with Crippen molar-refractivity contribution in [3.05, 3.63) is 96.5 Å². The molecular weight excluding hydrogens is 426 g/mol. The van der Waals surface area contributed by atoms with Crippen molar-refractivity contribution in [3.8, 4) is 22.8 Å². The fourth-order valence-corrected chi connectivity index (χ4v) is 4.18. The van der Waals surface area contributed by atoms with Crippen molar-refractivity contribution in [2.24, 2.45) is 0 Å². The molecule has 0 atom stereocenters. The van der Waals surface area contributed by atoms with E-state index in [1.165, 1.54) is 0 Å². The lowest BCUT2D eigenvalue weighted by Crippen LogP contribution is -2.49. The van der Waals surface area contributed by atoms with Gasteiger partial charge in [0.05, 0.1) is 12.6 Å². The molecule has 172 valence electrons. The van der Waals surface area contributed by atoms with Crippen LogP contribution in [0.15, 0.2) is 89.5 Å². The smallest absolute Gasteiger partial charge is 0.227 e. The Labute approximate surface area is 199 Å². The van der Waals surface area contributed by atoms with Gasteiger partial charge in [0.15, 0.2) is 11.7 Å². The monoisotopic (exact) mass is 453 g/mol. The predicted molar refractivity (Wildman–Crippen MR) is 132 cm³/mol. The molecule has 1 amide bonds. The van der Waals surface area contributed by atoms with Gasteiger partial charge in [-0.1, -0.05) is 30.3 Å². The van der Waals surface area contributed by atoms with Gasteiger partial charge in [-0.3, -0.25) is 4.79 Å². The number of oxazole rings is 1. The number of piperazine rings is 1. The fourth-order valence-electron chi connectivity index (χ4n) is 4.18. The summed E-state index contributed by atoms with van der Waals surface area (Å²) in [5, 5.41) is 0. The number of rotatable bonds is 6. The molecule has 0 unspecified atom stereocenters. The maximum Gasteiger partial charge on any atom is 0.227 e. The van der Waals surface area contributed by atoms with E-state index in [4.69, 9.17) is 9.15 Å². The van der Waals surface area contributed by atoms with Gasteiger partial charge in [0, 0.05) is 44.4 Å². The third-order valence-corrected chi connectivity index (χ3v) is 6.00. The number of benzene rings is 3. The van der Waals surface area contributed by atoms with E-state index in [1.807, 2.05) is 66.4 Å². The lowest BCUT2D eigenvalue weighted by atomic mass is 10.1. The molecule has 0 saturated carbocycles. The Bertz CT molecular complexity index is 1240. The average molecular weight is 454 g/mol. The Morgan fingerprint density at radius 1 is 0.912 bits per heavy atom. The molecule has 6 nitrogen and oxygen atoms in total. The van der Waals surface area contributed by atoms with Crippen molar-refractivity contribution in [2.75, 3.05) is 31.1 Å². The summed E-state index contributed by atoms with van der Waals surface area (Å²) < 4.78 is 11.5. The number of carbonyl (C=O) groups is 1. The van der Waals surface area contributed by atoms with Crippen LogP contribution in [0.2, 0.25) is 0 Å². The second-order valence-electron chi connectivity index (χ2n) is 8.40. The van der Waals surface area contributed by atoms with E-state index in [2.05, 4.69) is 34.1 Å². The highest BCUT2D eigenvalue weighted by molar-refractivity contribution is 5.79. The zero-order valence-corrected chi connectivity index (χ0v) is 19.2. The molecule has 2 heterocycles. The number of anilines is 1. The maximum atomic E-state index is 12.9. The first-order chi connectivity index (χ1) is 16.6. The fraction of sp³-hybridized carbons (Fsp3) is 0.214. The van der Waals surface area contributed by atoms with Gasteiger partial charge in [0.25, 0.3) is 0 Å². The molecule has 1 aliphatic rings. The van der Waals surface area contributed by atoms with E-state index < -0.39 is 0 Å². The summed E-state index contributed by atoms with van der Waals surface area (Å²) in [6.07, 6.45) is 2.12. The minimum atomic E-state index is 0.146. The molecule has 0 radical (unpaired) electrons. The van der Waals surface area contributed by atoms with E-state index in [0.717, 1.165) is 47.2 Å². The number of ether oxygens (including phenoxy) is 1. The van der Waals surface area contributed by atoms with Crippen LogP contribution in [0.4, 0.5) is 5.69 Å². The third-order valence-electron chi connectivity index (χ3n) is 6.00. The maximum absolute atomic E-state index is 12.9. The molecule has 0 spiro atoms. The highest BCUT2D eigenvalue weighted by Crippen LogP contribution is 2.25. The van der Waals surface area contributed by atoms with Crippen LogP contribution < -0.4 is 9.64 Å². The van der Waals surface area contributed by atoms with Crippen LogP contribution in [0.3, 0.4) is 0 Å². The molecule has 5 rings (SSSR count). The standard InChI is InChI=1S/C28H27N3O3/c1-21-29-20-27(33-21)23-10-12-24(13-11-23)30-14-16-31(17-15-30)28(32)19-22-6-5-9-26(18-22)34-25-7-3-2-4-8-25/h2-13,18,20H,14-17,19H2,1H3. The van der Waals surface area contributed by atoms with Crippen LogP contribution in [0, 0.1) is 6.92 Å². The van der Waals surface area contributed by atoms with Crippen molar-refractivity contribution >= 4 is 11.6 Å². The van der Waals surface area contributed by atoms with Gasteiger partial charge in [-0.15, -0.1) is 0 Å². The normalized spacial score (nSPS) is 13.7. The molecule has 6 heteroatoms. The third kappa shape index (κ3) is 5.12. The van der Waals surface area contributed by atoms with E-state index >= 15 is 0 Å². The minimum Gasteiger partial charge on any atom is -0.457 e. The number of aromatic nitrogens is 1. The molecule has 0 aliphatic carbocycles. The molecule has 34 heavy (non-hydrogen) atoms. The number of nitrogens with zero attached hydrogens (tertiary/aromatic N) is 3. The Kier molecular flexibility index (Phi) is 6.29. The van der Waals surface area contributed by atoms with E-state index in [-0.39, 0.29) is 5.91 Å². The van der Waals surface area contributed by atoms with E-state index in [0.29, 0.717) is 25.4 Å². The Balaban J connectivity index is 1.15. The lowest BCUT2D eigenvalue weighted by Gasteiger charge is -2.36. The molecule has 4 aromatic rings. The molecule has 0 N–H and O–H groups in total. The summed E-state index contributed by atoms with van der Waals surface area (Å²) in [6, 6.07) is 25.7. The first-order valence-electron chi connectivity index (χ1n) is 11.5. The summed E-state index contributed by atoms with van der Waals surface area (Å²) in [5.41, 5.74) is 3.12. The van der Waals surface area contributed by atoms with Crippen molar-refractivity contribution < 1.29 is 13.9 Å². The Morgan fingerprint density at radius 3 is 2.35 bits per heavy atom. The van der Waals surface area contributed by atoms with Crippen LogP contribution in [0.1, 0.15) is 11.5 Å². The Hall–Kier alpha value is -4.06. The molecule has 1 aromatic heterocycles. The number of hydrogen-bond acceptors (Lipinski definition) is 5. The number of carbonyl (C=O) groups excluding carboxylic acids is 1. The number of aryl methyl sites for hydroxylation is 1. The first kappa shape index (κ1) is 21.8. The molecule has 3 aromatic carbocycles. The van der Waals surface area contributed by atoms with Gasteiger partial charge < -0.3 is 19.0 Å². The molecular formula is C28H27N3O3. The number of para-hydroxylation sites is 1. The van der Waals surface area contributed by atoms with Crippen molar-refractivity contribution in [1.82, 2.24) is 9.88 Å². The zero-order chi connectivity index (χ0) is 23.3. The van der Waals surface area contributed by atoms with Gasteiger partial charge in [0.1, 0.15) is 11.5 Å². The second-order valence-corrected chi connectivity index (χ2v) is 8.40. The largest absolute Gasteiger partial charge is 0.457 e. The van der Waals surface area contributed by atoms with Gasteiger partial charge in [-0.2, -0.15) is 0 Å². The summed E-state index contributed by atoms with van der Waals surface area (Å²) in [7, 11) is 0. The highest BCUT2D eigenvalue weighted by Gasteiger charge is 2.21. The average Bonchev–Trinajstić information content (AvgIpc) is 3.31. The predicted octanol–water partition coefficient (Wildman–Crippen LogP) is 5.33. The van der Waals surface area contributed by atoms with Crippen LogP contribution in [0.25, 0.3) is 11.3 Å². The lowest BCUT2D eigenvalue weighted by molar-refractivity contribution is -0.130. The van der Waals surface area contributed by atoms with Gasteiger partial charge in [-0.05, 0) is 54.1 Å². The second kappa shape index (κ2) is 9.83. The first-order valence-corrected chi connectivity index (χ1v) is 11.5. The van der Waals surface area contributed by atoms with Crippen LogP contribution in [0.5, 0.6) is 11.5 Å². The number of amides is 1. The van der Waals surface area contributed by atoms with Crippen LogP contribution in [-0.2, 0) is 11.2 Å². The summed E-state index contributed by atoms with van der Waals surface area (Å²) in [5.74, 6) is 3.11. The summed E-state index contributed by atoms with van der Waals surface area (Å²) in [6.45, 7) is 4.88. The van der Waals surface area contributed by atoms with Crippen LogP contribution in [-0.4, -0.2) is 42.0 Å². The Morgan fingerprint density at radius 2 is 1.65 bits per heavy atom. The highest BCUT2D eigenvalue weighted by atomic mass is 16.5. The molecule has 1 fully saturated rings. The van der Waals surface area contributed by atoms with Crippen molar-refractivity contribution in [2.45, 2.75) is 13.3 Å². The van der Waals surface area contributed by atoms with Crippen molar-refractivity contribution in [3.63, 3.8) is 0 Å².